The minimum Gasteiger partial charge on any atom is -0.353 e. The van der Waals surface area contributed by atoms with Gasteiger partial charge in [0.25, 0.3) is 0 Å². The molecular formula is C19H23F5O3. The molecule has 4 fully saturated rings. The molecule has 0 aromatic carbocycles. The van der Waals surface area contributed by atoms with Gasteiger partial charge in [0.1, 0.15) is 0 Å². The van der Waals surface area contributed by atoms with E-state index in [1.807, 2.05) is 0 Å². The van der Waals surface area contributed by atoms with Gasteiger partial charge in [-0.1, -0.05) is 12.2 Å². The largest absolute Gasteiger partial charge is 0.450 e. The van der Waals surface area contributed by atoms with Gasteiger partial charge in [-0.2, -0.15) is 22.0 Å². The first-order valence-corrected chi connectivity index (χ1v) is 9.72. The lowest BCUT2D eigenvalue weighted by Crippen LogP contribution is -2.62. The van der Waals surface area contributed by atoms with Crippen LogP contribution in [0.5, 0.6) is 0 Å². The van der Waals surface area contributed by atoms with Crippen LogP contribution in [0.25, 0.3) is 0 Å². The number of rotatable bonds is 4. The first kappa shape index (κ1) is 18.3. The minimum absolute atomic E-state index is 0.0501. The van der Waals surface area contributed by atoms with Crippen molar-refractivity contribution in [3.63, 3.8) is 0 Å². The van der Waals surface area contributed by atoms with Crippen LogP contribution in [-0.2, 0) is 14.2 Å². The van der Waals surface area contributed by atoms with Crippen molar-refractivity contribution >= 4 is 0 Å². The second-order valence-corrected chi connectivity index (χ2v) is 8.65. The highest BCUT2D eigenvalue weighted by Gasteiger charge is 2.86. The molecule has 5 aliphatic rings. The second-order valence-electron chi connectivity index (χ2n) is 8.65. The fraction of sp³-hybridized carbons (Fsp3) is 0.895. The van der Waals surface area contributed by atoms with Crippen LogP contribution >= 0.6 is 0 Å². The predicted molar refractivity (Wildman–Crippen MR) is 83.6 cm³/mol. The smallest absolute Gasteiger partial charge is 0.353 e. The van der Waals surface area contributed by atoms with Gasteiger partial charge >= 0.3 is 17.9 Å². The van der Waals surface area contributed by atoms with Gasteiger partial charge in [0, 0.05) is 6.61 Å². The quantitative estimate of drug-likeness (QED) is 0.307. The highest BCUT2D eigenvalue weighted by molar-refractivity contribution is 5.26. The van der Waals surface area contributed by atoms with Crippen molar-refractivity contribution in [2.24, 2.45) is 41.4 Å². The maximum Gasteiger partial charge on any atom is 0.450 e. The summed E-state index contributed by atoms with van der Waals surface area (Å²) in [5.74, 6) is -9.53. The lowest BCUT2D eigenvalue weighted by atomic mass is 9.67. The van der Waals surface area contributed by atoms with Gasteiger partial charge < -0.3 is 14.2 Å². The molecule has 10 atom stereocenters. The zero-order chi connectivity index (χ0) is 19.4. The van der Waals surface area contributed by atoms with E-state index in [4.69, 9.17) is 14.2 Å². The van der Waals surface area contributed by atoms with Crippen molar-refractivity contribution in [3.05, 3.63) is 12.2 Å². The molecule has 5 rings (SSSR count). The van der Waals surface area contributed by atoms with Crippen LogP contribution in [0, 0.1) is 41.4 Å². The average molecular weight is 394 g/mol. The van der Waals surface area contributed by atoms with E-state index in [0.717, 1.165) is 6.42 Å². The third-order valence-electron chi connectivity index (χ3n) is 7.62. The van der Waals surface area contributed by atoms with E-state index in [9.17, 15) is 13.2 Å². The molecule has 0 spiro atoms. The van der Waals surface area contributed by atoms with E-state index in [0.29, 0.717) is 6.42 Å². The van der Waals surface area contributed by atoms with Crippen molar-refractivity contribution in [2.45, 2.75) is 57.0 Å². The summed E-state index contributed by atoms with van der Waals surface area (Å²) < 4.78 is 87.8. The number of allylic oxidation sites excluding steroid dienone is 2. The lowest BCUT2D eigenvalue weighted by Gasteiger charge is -2.40. The third kappa shape index (κ3) is 2.07. The summed E-state index contributed by atoms with van der Waals surface area (Å²) in [4.78, 5) is 0. The van der Waals surface area contributed by atoms with E-state index in [-0.39, 0.29) is 36.2 Å². The molecular weight excluding hydrogens is 371 g/mol. The van der Waals surface area contributed by atoms with Gasteiger partial charge in [-0.15, -0.1) is 0 Å². The van der Waals surface area contributed by atoms with Crippen LogP contribution in [-0.4, -0.2) is 36.9 Å². The molecule has 0 amide bonds. The Labute approximate surface area is 154 Å². The maximum absolute atomic E-state index is 15.4. The highest BCUT2D eigenvalue weighted by atomic mass is 19.4. The van der Waals surface area contributed by atoms with Crippen molar-refractivity contribution in [3.8, 4) is 0 Å². The Hall–Kier alpha value is -0.730. The number of ether oxygens (including phenoxy) is 3. The van der Waals surface area contributed by atoms with E-state index >= 15 is 8.78 Å². The van der Waals surface area contributed by atoms with Gasteiger partial charge in [-0.3, -0.25) is 0 Å². The Kier molecular flexibility index (Phi) is 3.69. The monoisotopic (exact) mass is 394 g/mol. The second kappa shape index (κ2) is 5.45. The standard InChI is InChI=1S/C19H23F5O3/c1-3-25-8(2)26-18(19(22,23)24)17(20,21)15-11-7-12(16(15)27-18)14-10-5-4-9(6-10)13(11)14/h4-5,8-16H,3,6-7H2,1-2H3. The molecule has 0 aromatic heterocycles. The highest BCUT2D eigenvalue weighted by Crippen LogP contribution is 2.74. The Balaban J connectivity index is 1.52. The van der Waals surface area contributed by atoms with Crippen LogP contribution < -0.4 is 0 Å². The molecule has 27 heavy (non-hydrogen) atoms. The molecule has 4 aliphatic carbocycles. The van der Waals surface area contributed by atoms with Crippen molar-refractivity contribution in [1.29, 1.82) is 0 Å². The van der Waals surface area contributed by atoms with Crippen molar-refractivity contribution in [1.82, 2.24) is 0 Å². The molecule has 4 bridgehead atoms. The zero-order valence-electron chi connectivity index (χ0n) is 15.1. The maximum atomic E-state index is 15.4. The van der Waals surface area contributed by atoms with Crippen LogP contribution in [0.15, 0.2) is 12.2 Å². The van der Waals surface area contributed by atoms with E-state index in [1.54, 1.807) is 6.92 Å². The fourth-order valence-electron chi connectivity index (χ4n) is 7.04. The summed E-state index contributed by atoms with van der Waals surface area (Å²) in [6, 6.07) is 0. The molecule has 3 saturated carbocycles. The summed E-state index contributed by atoms with van der Waals surface area (Å²) >= 11 is 0. The molecule has 0 aromatic rings. The lowest BCUT2D eigenvalue weighted by molar-refractivity contribution is -0.449. The van der Waals surface area contributed by atoms with Crippen LogP contribution in [0.2, 0.25) is 0 Å². The molecule has 3 nitrogen and oxygen atoms in total. The molecule has 152 valence electrons. The van der Waals surface area contributed by atoms with E-state index in [2.05, 4.69) is 12.2 Å². The molecule has 1 saturated heterocycles. The number of halogens is 5. The first-order chi connectivity index (χ1) is 12.6. The average Bonchev–Trinajstić information content (AvgIpc) is 3.31. The van der Waals surface area contributed by atoms with E-state index in [1.165, 1.54) is 6.92 Å². The molecule has 10 unspecified atom stereocenters. The van der Waals surface area contributed by atoms with Crippen LogP contribution in [0.1, 0.15) is 26.7 Å². The molecule has 1 aliphatic heterocycles. The van der Waals surface area contributed by atoms with Crippen molar-refractivity contribution < 1.29 is 36.2 Å². The van der Waals surface area contributed by atoms with Crippen LogP contribution in [0.4, 0.5) is 22.0 Å². The molecule has 1 heterocycles. The normalized spacial score (nSPS) is 52.4. The Morgan fingerprint density at radius 1 is 1.11 bits per heavy atom. The molecule has 8 heteroatoms. The number of hydrogen-bond acceptors (Lipinski definition) is 3. The van der Waals surface area contributed by atoms with Gasteiger partial charge in [-0.25, -0.2) is 0 Å². The summed E-state index contributed by atoms with van der Waals surface area (Å²) in [7, 11) is 0. The summed E-state index contributed by atoms with van der Waals surface area (Å²) in [6.07, 6.45) is -2.28. The molecule has 0 N–H and O–H groups in total. The molecule has 0 radical (unpaired) electrons. The number of fused-ring (bicyclic) bond motifs is 12. The predicted octanol–water partition coefficient (Wildman–Crippen LogP) is 4.38. The Morgan fingerprint density at radius 2 is 1.74 bits per heavy atom. The first-order valence-electron chi connectivity index (χ1n) is 9.72. The number of alkyl halides is 5. The Bertz CT molecular complexity index is 664. The SMILES string of the molecule is CCOC(C)OC1(C(F)(F)F)OC2C3CC(C4C5C=CC(C5)C34)C2C1(F)F. The van der Waals surface area contributed by atoms with Gasteiger partial charge in [-0.05, 0) is 62.2 Å². The third-order valence-corrected chi connectivity index (χ3v) is 7.62. The summed E-state index contributed by atoms with van der Waals surface area (Å²) in [5.41, 5.74) is 0. The van der Waals surface area contributed by atoms with Gasteiger partial charge in [0.05, 0.1) is 12.0 Å². The Morgan fingerprint density at radius 3 is 2.33 bits per heavy atom. The minimum atomic E-state index is -5.36. The fourth-order valence-corrected chi connectivity index (χ4v) is 7.04. The van der Waals surface area contributed by atoms with Gasteiger partial charge in [0.15, 0.2) is 6.29 Å². The van der Waals surface area contributed by atoms with Crippen molar-refractivity contribution in [2.75, 3.05) is 6.61 Å². The topological polar surface area (TPSA) is 27.7 Å². The number of hydrogen-bond donors (Lipinski definition) is 0. The van der Waals surface area contributed by atoms with Gasteiger partial charge in [0.2, 0.25) is 0 Å². The summed E-state index contributed by atoms with van der Waals surface area (Å²) in [6.45, 7) is 2.81. The van der Waals surface area contributed by atoms with E-state index < -0.39 is 42.1 Å². The zero-order valence-corrected chi connectivity index (χ0v) is 15.1. The summed E-state index contributed by atoms with van der Waals surface area (Å²) in [5, 5.41) is 0. The van der Waals surface area contributed by atoms with Crippen LogP contribution in [0.3, 0.4) is 0 Å².